The van der Waals surface area contributed by atoms with Gasteiger partial charge >= 0.3 is 0 Å². The van der Waals surface area contributed by atoms with Crippen molar-refractivity contribution in [3.05, 3.63) is 51.3 Å². The van der Waals surface area contributed by atoms with Gasteiger partial charge in [-0.15, -0.1) is 0 Å². The van der Waals surface area contributed by atoms with Crippen molar-refractivity contribution in [1.29, 1.82) is 0 Å². The van der Waals surface area contributed by atoms with Gasteiger partial charge in [0.05, 0.1) is 16.8 Å². The summed E-state index contributed by atoms with van der Waals surface area (Å²) in [5.74, 6) is -0.602. The maximum absolute atomic E-state index is 12.1. The average molecular weight is 295 g/mol. The minimum Gasteiger partial charge on any atom is -0.319 e. The van der Waals surface area contributed by atoms with E-state index in [-0.39, 0.29) is 16.3 Å². The maximum atomic E-state index is 12.1. The molecule has 0 aliphatic rings. The first-order valence-electron chi connectivity index (χ1n) is 5.79. The minimum atomic E-state index is -0.624. The predicted molar refractivity (Wildman–Crippen MR) is 74.0 cm³/mol. The van der Waals surface area contributed by atoms with Crippen molar-refractivity contribution in [2.24, 2.45) is 0 Å². The SMILES string of the molecule is CCn1cc(NC(=O)c2cc(Cl)ccc2[N+](=O)[O-])cn1. The van der Waals surface area contributed by atoms with Crippen molar-refractivity contribution in [3.63, 3.8) is 0 Å². The first-order chi connectivity index (χ1) is 9.51. The van der Waals surface area contributed by atoms with Gasteiger partial charge in [0.2, 0.25) is 0 Å². The number of carbonyl (C=O) groups excluding carboxylic acids is 1. The zero-order valence-electron chi connectivity index (χ0n) is 10.5. The lowest BCUT2D eigenvalue weighted by Crippen LogP contribution is -2.13. The Kier molecular flexibility index (Phi) is 3.99. The third-order valence-electron chi connectivity index (χ3n) is 2.62. The molecular weight excluding hydrogens is 284 g/mol. The van der Waals surface area contributed by atoms with Crippen LogP contribution in [0.3, 0.4) is 0 Å². The molecule has 2 aromatic rings. The minimum absolute atomic E-state index is 0.0910. The topological polar surface area (TPSA) is 90.1 Å². The lowest BCUT2D eigenvalue weighted by Gasteiger charge is -2.04. The standard InChI is InChI=1S/C12H11ClN4O3/c1-2-16-7-9(6-14-16)15-12(18)10-5-8(13)3-4-11(10)17(19)20/h3-7H,2H2,1H3,(H,15,18). The van der Waals surface area contributed by atoms with Crippen molar-refractivity contribution in [1.82, 2.24) is 9.78 Å². The Balaban J connectivity index is 2.28. The molecule has 0 aliphatic heterocycles. The molecule has 1 aromatic heterocycles. The van der Waals surface area contributed by atoms with E-state index in [4.69, 9.17) is 11.6 Å². The second kappa shape index (κ2) is 5.70. The summed E-state index contributed by atoms with van der Waals surface area (Å²) in [4.78, 5) is 22.4. The van der Waals surface area contributed by atoms with Crippen LogP contribution in [0.5, 0.6) is 0 Å². The first-order valence-corrected chi connectivity index (χ1v) is 6.16. The molecule has 0 unspecified atom stereocenters. The molecule has 1 heterocycles. The molecule has 0 radical (unpaired) electrons. The number of nitrogens with one attached hydrogen (secondary N) is 1. The van der Waals surface area contributed by atoms with E-state index in [1.807, 2.05) is 6.92 Å². The largest absolute Gasteiger partial charge is 0.319 e. The number of amides is 1. The summed E-state index contributed by atoms with van der Waals surface area (Å²) >= 11 is 5.78. The van der Waals surface area contributed by atoms with Gasteiger partial charge in [-0.3, -0.25) is 19.6 Å². The molecule has 0 saturated carbocycles. The number of halogens is 1. The zero-order valence-corrected chi connectivity index (χ0v) is 11.3. The fourth-order valence-electron chi connectivity index (χ4n) is 1.65. The molecule has 0 bridgehead atoms. The van der Waals surface area contributed by atoms with E-state index >= 15 is 0 Å². The van der Waals surface area contributed by atoms with Gasteiger partial charge in [-0.2, -0.15) is 5.10 Å². The number of nitro benzene ring substituents is 1. The summed E-state index contributed by atoms with van der Waals surface area (Å²) < 4.78 is 1.63. The number of aryl methyl sites for hydroxylation is 1. The summed E-state index contributed by atoms with van der Waals surface area (Å²) in [5, 5.41) is 17.7. The molecule has 0 fully saturated rings. The van der Waals surface area contributed by atoms with Crippen molar-refractivity contribution in [3.8, 4) is 0 Å². The summed E-state index contributed by atoms with van der Waals surface area (Å²) in [5.41, 5.74) is 0.0765. The van der Waals surface area contributed by atoms with Gasteiger partial charge in [0, 0.05) is 23.8 Å². The zero-order chi connectivity index (χ0) is 14.7. The van der Waals surface area contributed by atoms with E-state index < -0.39 is 10.8 Å². The second-order valence-electron chi connectivity index (χ2n) is 3.96. The molecule has 0 atom stereocenters. The smallest absolute Gasteiger partial charge is 0.282 e. The van der Waals surface area contributed by atoms with Gasteiger partial charge in [-0.1, -0.05) is 11.6 Å². The van der Waals surface area contributed by atoms with Gasteiger partial charge in [0.1, 0.15) is 5.56 Å². The van der Waals surface area contributed by atoms with Gasteiger partial charge in [-0.25, -0.2) is 0 Å². The van der Waals surface area contributed by atoms with Crippen LogP contribution in [0.2, 0.25) is 5.02 Å². The van der Waals surface area contributed by atoms with Crippen molar-refractivity contribution >= 4 is 28.9 Å². The Bertz CT molecular complexity index is 668. The highest BCUT2D eigenvalue weighted by atomic mass is 35.5. The lowest BCUT2D eigenvalue weighted by atomic mass is 10.1. The fraction of sp³-hybridized carbons (Fsp3) is 0.167. The molecular formula is C12H11ClN4O3. The molecule has 8 heteroatoms. The number of rotatable bonds is 4. The van der Waals surface area contributed by atoms with Crippen LogP contribution in [0.25, 0.3) is 0 Å². The summed E-state index contributed by atoms with van der Waals surface area (Å²) in [6.07, 6.45) is 3.10. The number of anilines is 1. The second-order valence-corrected chi connectivity index (χ2v) is 4.39. The number of hydrogen-bond donors (Lipinski definition) is 1. The van der Waals surface area contributed by atoms with Gasteiger partial charge in [0.15, 0.2) is 0 Å². The van der Waals surface area contributed by atoms with E-state index in [2.05, 4.69) is 10.4 Å². The third-order valence-corrected chi connectivity index (χ3v) is 2.85. The monoisotopic (exact) mass is 294 g/mol. The highest BCUT2D eigenvalue weighted by molar-refractivity contribution is 6.31. The molecule has 1 aromatic carbocycles. The van der Waals surface area contributed by atoms with E-state index in [9.17, 15) is 14.9 Å². The molecule has 0 aliphatic carbocycles. The summed E-state index contributed by atoms with van der Waals surface area (Å²) in [7, 11) is 0. The van der Waals surface area contributed by atoms with E-state index in [0.717, 1.165) is 0 Å². The normalized spacial score (nSPS) is 10.3. The van der Waals surface area contributed by atoms with Crippen LogP contribution < -0.4 is 5.32 Å². The summed E-state index contributed by atoms with van der Waals surface area (Å²) in [6.45, 7) is 2.56. The number of nitrogens with zero attached hydrogens (tertiary/aromatic N) is 3. The number of carbonyl (C=O) groups is 1. The van der Waals surface area contributed by atoms with Crippen molar-refractivity contribution < 1.29 is 9.72 Å². The molecule has 1 N–H and O–H groups in total. The Morgan fingerprint density at radius 1 is 1.55 bits per heavy atom. The van der Waals surface area contributed by atoms with Crippen molar-refractivity contribution in [2.45, 2.75) is 13.5 Å². The van der Waals surface area contributed by atoms with E-state index in [1.54, 1.807) is 10.9 Å². The van der Waals surface area contributed by atoms with E-state index in [0.29, 0.717) is 12.2 Å². The molecule has 1 amide bonds. The number of nitro groups is 1. The van der Waals surface area contributed by atoms with Crippen LogP contribution in [0.15, 0.2) is 30.6 Å². The van der Waals surface area contributed by atoms with Gasteiger partial charge in [-0.05, 0) is 19.1 Å². The Hall–Kier alpha value is -2.41. The van der Waals surface area contributed by atoms with Crippen LogP contribution in [0.4, 0.5) is 11.4 Å². The quantitative estimate of drug-likeness (QED) is 0.693. The predicted octanol–water partition coefficient (Wildman–Crippen LogP) is 2.72. The van der Waals surface area contributed by atoms with Gasteiger partial charge < -0.3 is 5.32 Å². The van der Waals surface area contributed by atoms with Crippen LogP contribution in [-0.2, 0) is 6.54 Å². The van der Waals surface area contributed by atoms with Crippen LogP contribution >= 0.6 is 11.6 Å². The Labute approximate surface area is 119 Å². The highest BCUT2D eigenvalue weighted by Crippen LogP contribution is 2.23. The van der Waals surface area contributed by atoms with Crippen LogP contribution in [0.1, 0.15) is 17.3 Å². The lowest BCUT2D eigenvalue weighted by molar-refractivity contribution is -0.385. The third kappa shape index (κ3) is 2.94. The van der Waals surface area contributed by atoms with Crippen LogP contribution in [-0.4, -0.2) is 20.6 Å². The van der Waals surface area contributed by atoms with Crippen LogP contribution in [0, 0.1) is 10.1 Å². The number of aromatic nitrogens is 2. The van der Waals surface area contributed by atoms with Gasteiger partial charge in [0.25, 0.3) is 11.6 Å². The number of hydrogen-bond acceptors (Lipinski definition) is 4. The molecule has 7 nitrogen and oxygen atoms in total. The first kappa shape index (κ1) is 14.0. The van der Waals surface area contributed by atoms with Crippen molar-refractivity contribution in [2.75, 3.05) is 5.32 Å². The fourth-order valence-corrected chi connectivity index (χ4v) is 1.82. The molecule has 0 spiro atoms. The molecule has 2 rings (SSSR count). The van der Waals surface area contributed by atoms with E-state index in [1.165, 1.54) is 24.4 Å². The maximum Gasteiger partial charge on any atom is 0.282 e. The Morgan fingerprint density at radius 2 is 2.30 bits per heavy atom. The highest BCUT2D eigenvalue weighted by Gasteiger charge is 2.20. The number of benzene rings is 1. The molecule has 104 valence electrons. The Morgan fingerprint density at radius 3 is 2.90 bits per heavy atom. The average Bonchev–Trinajstić information content (AvgIpc) is 2.85. The molecule has 20 heavy (non-hydrogen) atoms. The molecule has 0 saturated heterocycles. The summed E-state index contributed by atoms with van der Waals surface area (Å²) in [6, 6.07) is 3.83.